The Labute approximate surface area is 101 Å². The molecule has 0 aromatic heterocycles. The molecule has 16 heavy (non-hydrogen) atoms. The Kier molecular flexibility index (Phi) is 3.83. The fourth-order valence-electron chi connectivity index (χ4n) is 2.13. The Morgan fingerprint density at radius 2 is 2.12 bits per heavy atom. The van der Waals surface area contributed by atoms with Gasteiger partial charge >= 0.3 is 0 Å². The van der Waals surface area contributed by atoms with E-state index in [1.165, 1.54) is 12.8 Å². The Bertz CT molecular complexity index is 372. The van der Waals surface area contributed by atoms with E-state index in [1.807, 2.05) is 24.3 Å². The van der Waals surface area contributed by atoms with Gasteiger partial charge in [-0.25, -0.2) is 0 Å². The van der Waals surface area contributed by atoms with Crippen molar-refractivity contribution in [2.45, 2.75) is 37.6 Å². The van der Waals surface area contributed by atoms with Crippen molar-refractivity contribution in [1.82, 2.24) is 5.32 Å². The van der Waals surface area contributed by atoms with Crippen molar-refractivity contribution >= 4 is 17.5 Å². The van der Waals surface area contributed by atoms with Crippen molar-refractivity contribution in [2.75, 3.05) is 0 Å². The molecule has 1 aromatic rings. The van der Waals surface area contributed by atoms with Crippen LogP contribution >= 0.6 is 11.6 Å². The third kappa shape index (κ3) is 2.76. The van der Waals surface area contributed by atoms with Crippen LogP contribution in [0, 0.1) is 0 Å². The Morgan fingerprint density at radius 1 is 1.38 bits per heavy atom. The van der Waals surface area contributed by atoms with Crippen LogP contribution < -0.4 is 5.32 Å². The second-order valence-corrected chi connectivity index (χ2v) is 4.56. The number of alkyl halides is 1. The number of carbonyl (C=O) groups excluding carboxylic acids is 1. The molecule has 2 nitrogen and oxygen atoms in total. The van der Waals surface area contributed by atoms with E-state index >= 15 is 0 Å². The lowest BCUT2D eigenvalue weighted by Gasteiger charge is -2.12. The number of rotatable bonds is 3. The molecule has 0 spiro atoms. The largest absolute Gasteiger partial charge is 0.349 e. The van der Waals surface area contributed by atoms with Crippen molar-refractivity contribution in [1.29, 1.82) is 0 Å². The fourth-order valence-corrected chi connectivity index (χ4v) is 2.30. The summed E-state index contributed by atoms with van der Waals surface area (Å²) in [6.45, 7) is 0. The molecular formula is C13H16ClNO. The molecule has 86 valence electrons. The van der Waals surface area contributed by atoms with Crippen LogP contribution in [0.15, 0.2) is 24.3 Å². The number of hydrogen-bond acceptors (Lipinski definition) is 1. The molecule has 0 saturated heterocycles. The summed E-state index contributed by atoms with van der Waals surface area (Å²) < 4.78 is 0. The molecule has 1 fully saturated rings. The van der Waals surface area contributed by atoms with Gasteiger partial charge in [-0.15, -0.1) is 11.6 Å². The molecule has 0 bridgehead atoms. The predicted molar refractivity (Wildman–Crippen MR) is 65.7 cm³/mol. The van der Waals surface area contributed by atoms with Crippen LogP contribution in [0.1, 0.15) is 41.6 Å². The molecule has 1 aliphatic rings. The number of halogens is 1. The van der Waals surface area contributed by atoms with E-state index in [-0.39, 0.29) is 5.91 Å². The standard InChI is InChI=1S/C13H16ClNO/c14-9-10-4-3-5-11(8-10)13(16)15-12-6-1-2-7-12/h3-5,8,12H,1-2,6-7,9H2,(H,15,16). The van der Waals surface area contributed by atoms with Gasteiger partial charge in [0.05, 0.1) is 0 Å². The first-order valence-electron chi connectivity index (χ1n) is 5.75. The maximum absolute atomic E-state index is 11.9. The quantitative estimate of drug-likeness (QED) is 0.805. The summed E-state index contributed by atoms with van der Waals surface area (Å²) in [4.78, 5) is 11.9. The van der Waals surface area contributed by atoms with Gasteiger partial charge in [0, 0.05) is 17.5 Å². The van der Waals surface area contributed by atoms with Crippen LogP contribution in [0.25, 0.3) is 0 Å². The molecule has 0 radical (unpaired) electrons. The van der Waals surface area contributed by atoms with Crippen molar-refractivity contribution in [3.8, 4) is 0 Å². The van der Waals surface area contributed by atoms with Gasteiger partial charge in [0.25, 0.3) is 5.91 Å². The number of benzene rings is 1. The van der Waals surface area contributed by atoms with Crippen molar-refractivity contribution in [3.05, 3.63) is 35.4 Å². The first kappa shape index (κ1) is 11.5. The van der Waals surface area contributed by atoms with Gasteiger partial charge in [-0.2, -0.15) is 0 Å². The monoisotopic (exact) mass is 237 g/mol. The van der Waals surface area contributed by atoms with Crippen LogP contribution in [0.3, 0.4) is 0 Å². The number of carbonyl (C=O) groups is 1. The van der Waals surface area contributed by atoms with Crippen LogP contribution in [0.4, 0.5) is 0 Å². The van der Waals surface area contributed by atoms with Gasteiger partial charge in [0.2, 0.25) is 0 Å². The van der Waals surface area contributed by atoms with E-state index < -0.39 is 0 Å². The topological polar surface area (TPSA) is 29.1 Å². The third-order valence-electron chi connectivity index (χ3n) is 3.03. The van der Waals surface area contributed by atoms with Crippen LogP contribution in [0.5, 0.6) is 0 Å². The molecule has 0 heterocycles. The second kappa shape index (κ2) is 5.35. The van der Waals surface area contributed by atoms with Gasteiger partial charge in [0.15, 0.2) is 0 Å². The van der Waals surface area contributed by atoms with E-state index in [4.69, 9.17) is 11.6 Å². The average molecular weight is 238 g/mol. The lowest BCUT2D eigenvalue weighted by Crippen LogP contribution is -2.32. The van der Waals surface area contributed by atoms with E-state index in [9.17, 15) is 4.79 Å². The first-order valence-corrected chi connectivity index (χ1v) is 6.29. The highest BCUT2D eigenvalue weighted by Gasteiger charge is 2.17. The number of nitrogens with one attached hydrogen (secondary N) is 1. The molecule has 0 aliphatic heterocycles. The zero-order valence-corrected chi connectivity index (χ0v) is 9.96. The number of hydrogen-bond donors (Lipinski definition) is 1. The number of amides is 1. The SMILES string of the molecule is O=C(NC1CCCC1)c1cccc(CCl)c1. The normalized spacial score (nSPS) is 16.3. The molecule has 1 saturated carbocycles. The van der Waals surface area contributed by atoms with Crippen molar-refractivity contribution in [2.24, 2.45) is 0 Å². The van der Waals surface area contributed by atoms with E-state index in [0.717, 1.165) is 18.4 Å². The molecule has 1 amide bonds. The highest BCUT2D eigenvalue weighted by Crippen LogP contribution is 2.18. The molecule has 0 atom stereocenters. The predicted octanol–water partition coefficient (Wildman–Crippen LogP) is 3.10. The molecule has 0 unspecified atom stereocenters. The minimum Gasteiger partial charge on any atom is -0.349 e. The van der Waals surface area contributed by atoms with Gasteiger partial charge in [0.1, 0.15) is 0 Å². The maximum Gasteiger partial charge on any atom is 0.251 e. The highest BCUT2D eigenvalue weighted by atomic mass is 35.5. The van der Waals surface area contributed by atoms with Crippen LogP contribution in [-0.4, -0.2) is 11.9 Å². The summed E-state index contributed by atoms with van der Waals surface area (Å²) in [6, 6.07) is 7.87. The van der Waals surface area contributed by atoms with Crippen molar-refractivity contribution < 1.29 is 4.79 Å². The van der Waals surface area contributed by atoms with Crippen LogP contribution in [-0.2, 0) is 5.88 Å². The minimum atomic E-state index is 0.0267. The zero-order valence-electron chi connectivity index (χ0n) is 9.21. The molecule has 3 heteroatoms. The molecule has 1 aromatic carbocycles. The fraction of sp³-hybridized carbons (Fsp3) is 0.462. The third-order valence-corrected chi connectivity index (χ3v) is 3.34. The Morgan fingerprint density at radius 3 is 2.81 bits per heavy atom. The Hall–Kier alpha value is -1.02. The van der Waals surface area contributed by atoms with Gasteiger partial charge in [-0.1, -0.05) is 25.0 Å². The summed E-state index contributed by atoms with van der Waals surface area (Å²) in [6.07, 6.45) is 4.68. The summed E-state index contributed by atoms with van der Waals surface area (Å²) in [5.74, 6) is 0.476. The average Bonchev–Trinajstić information content (AvgIpc) is 2.82. The van der Waals surface area contributed by atoms with E-state index in [2.05, 4.69) is 5.32 Å². The molecule has 1 aliphatic carbocycles. The van der Waals surface area contributed by atoms with Gasteiger partial charge in [-0.3, -0.25) is 4.79 Å². The second-order valence-electron chi connectivity index (χ2n) is 4.29. The minimum absolute atomic E-state index is 0.0267. The zero-order chi connectivity index (χ0) is 11.4. The lowest BCUT2D eigenvalue weighted by molar-refractivity contribution is 0.0938. The smallest absolute Gasteiger partial charge is 0.251 e. The Balaban J connectivity index is 2.01. The summed E-state index contributed by atoms with van der Waals surface area (Å²) >= 11 is 5.74. The highest BCUT2D eigenvalue weighted by molar-refractivity contribution is 6.17. The van der Waals surface area contributed by atoms with Gasteiger partial charge < -0.3 is 5.32 Å². The molecule has 2 rings (SSSR count). The van der Waals surface area contributed by atoms with Crippen molar-refractivity contribution in [3.63, 3.8) is 0 Å². The molecular weight excluding hydrogens is 222 g/mol. The molecule has 1 N–H and O–H groups in total. The summed E-state index contributed by atoms with van der Waals surface area (Å²) in [5, 5.41) is 3.06. The van der Waals surface area contributed by atoms with E-state index in [1.54, 1.807) is 0 Å². The maximum atomic E-state index is 11.9. The van der Waals surface area contributed by atoms with E-state index in [0.29, 0.717) is 17.5 Å². The van der Waals surface area contributed by atoms with Crippen LogP contribution in [0.2, 0.25) is 0 Å². The summed E-state index contributed by atoms with van der Waals surface area (Å²) in [7, 11) is 0. The summed E-state index contributed by atoms with van der Waals surface area (Å²) in [5.41, 5.74) is 1.70. The first-order chi connectivity index (χ1) is 7.79. The van der Waals surface area contributed by atoms with Gasteiger partial charge in [-0.05, 0) is 30.5 Å². The lowest BCUT2D eigenvalue weighted by atomic mass is 10.1.